The molecule has 1 aromatic heterocycles. The molecule has 3 aromatic rings. The maximum absolute atomic E-state index is 12.4. The van der Waals surface area contributed by atoms with Crippen molar-refractivity contribution in [3.05, 3.63) is 81.1 Å². The zero-order valence-corrected chi connectivity index (χ0v) is 16.1. The summed E-state index contributed by atoms with van der Waals surface area (Å²) >= 11 is 12.0. The van der Waals surface area contributed by atoms with Gasteiger partial charge in [-0.1, -0.05) is 47.5 Å². The fraction of sp³-hybridized carbons (Fsp3) is 0.200. The van der Waals surface area contributed by atoms with Gasteiger partial charge in [-0.2, -0.15) is 5.10 Å². The Morgan fingerprint density at radius 3 is 2.54 bits per heavy atom. The predicted molar refractivity (Wildman–Crippen MR) is 105 cm³/mol. The third-order valence-electron chi connectivity index (χ3n) is 4.27. The van der Waals surface area contributed by atoms with Gasteiger partial charge in [-0.3, -0.25) is 4.79 Å². The molecule has 0 unspecified atom stereocenters. The van der Waals surface area contributed by atoms with E-state index in [1.54, 1.807) is 12.1 Å². The summed E-state index contributed by atoms with van der Waals surface area (Å²) < 4.78 is 1.87. The number of carbonyl (C=O) groups excluding carboxylic acids is 1. The van der Waals surface area contributed by atoms with Crippen LogP contribution < -0.4 is 5.32 Å². The minimum Gasteiger partial charge on any atom is -0.352 e. The van der Waals surface area contributed by atoms with Gasteiger partial charge in [0.1, 0.15) is 0 Å². The Balaban J connectivity index is 1.71. The number of nitrogens with one attached hydrogen (secondary N) is 1. The molecule has 1 N–H and O–H groups in total. The number of nitrogens with zero attached hydrogens (tertiary/aromatic N) is 2. The Labute approximate surface area is 162 Å². The Morgan fingerprint density at radius 1 is 1.12 bits per heavy atom. The van der Waals surface area contributed by atoms with E-state index in [4.69, 9.17) is 23.2 Å². The van der Waals surface area contributed by atoms with Gasteiger partial charge in [-0.25, -0.2) is 4.68 Å². The minimum absolute atomic E-state index is 0.0742. The first-order valence-corrected chi connectivity index (χ1v) is 9.02. The van der Waals surface area contributed by atoms with Gasteiger partial charge in [0, 0.05) is 27.8 Å². The molecule has 0 saturated heterocycles. The highest BCUT2D eigenvalue weighted by molar-refractivity contribution is 6.35. The van der Waals surface area contributed by atoms with Crippen LogP contribution in [-0.4, -0.2) is 15.7 Å². The second-order valence-electron chi connectivity index (χ2n) is 6.09. The highest BCUT2D eigenvalue weighted by Crippen LogP contribution is 2.21. The zero-order valence-electron chi connectivity index (χ0n) is 14.6. The lowest BCUT2D eigenvalue weighted by Gasteiger charge is -2.08. The summed E-state index contributed by atoms with van der Waals surface area (Å²) in [4.78, 5) is 12.4. The van der Waals surface area contributed by atoms with Crippen molar-refractivity contribution in [3.8, 4) is 5.69 Å². The average molecular weight is 388 g/mol. The van der Waals surface area contributed by atoms with Crippen LogP contribution >= 0.6 is 23.2 Å². The van der Waals surface area contributed by atoms with Gasteiger partial charge in [-0.15, -0.1) is 0 Å². The van der Waals surface area contributed by atoms with Gasteiger partial charge in [0.25, 0.3) is 0 Å². The number of aryl methyl sites for hydroxylation is 1. The van der Waals surface area contributed by atoms with Crippen LogP contribution in [0.1, 0.15) is 22.5 Å². The van der Waals surface area contributed by atoms with Crippen LogP contribution in [0.25, 0.3) is 5.69 Å². The lowest BCUT2D eigenvalue weighted by atomic mass is 10.1. The molecule has 4 nitrogen and oxygen atoms in total. The maximum Gasteiger partial charge on any atom is 0.224 e. The number of carbonyl (C=O) groups is 1. The summed E-state index contributed by atoms with van der Waals surface area (Å²) in [5.74, 6) is -0.0742. The van der Waals surface area contributed by atoms with E-state index in [0.29, 0.717) is 16.6 Å². The molecule has 1 amide bonds. The van der Waals surface area contributed by atoms with E-state index in [1.807, 2.05) is 54.9 Å². The van der Waals surface area contributed by atoms with Crippen LogP contribution in [0, 0.1) is 13.8 Å². The Morgan fingerprint density at radius 2 is 1.85 bits per heavy atom. The zero-order chi connectivity index (χ0) is 18.7. The van der Waals surface area contributed by atoms with Gasteiger partial charge >= 0.3 is 0 Å². The van der Waals surface area contributed by atoms with Crippen LogP contribution in [0.3, 0.4) is 0 Å². The number of para-hydroxylation sites is 1. The third-order valence-corrected chi connectivity index (χ3v) is 4.86. The highest BCUT2D eigenvalue weighted by Gasteiger charge is 2.16. The van der Waals surface area contributed by atoms with Crippen molar-refractivity contribution in [2.75, 3.05) is 0 Å². The molecule has 0 radical (unpaired) electrons. The summed E-state index contributed by atoms with van der Waals surface area (Å²) in [6.07, 6.45) is 0.274. The molecule has 0 fully saturated rings. The normalized spacial score (nSPS) is 10.8. The monoisotopic (exact) mass is 387 g/mol. The first kappa shape index (κ1) is 18.5. The molecule has 0 saturated carbocycles. The Kier molecular flexibility index (Phi) is 5.64. The predicted octanol–water partition coefficient (Wildman–Crippen LogP) is 4.65. The number of hydrogen-bond acceptors (Lipinski definition) is 2. The van der Waals surface area contributed by atoms with Crippen molar-refractivity contribution in [1.29, 1.82) is 0 Å². The van der Waals surface area contributed by atoms with E-state index in [1.165, 1.54) is 0 Å². The van der Waals surface area contributed by atoms with E-state index in [9.17, 15) is 4.79 Å². The molecule has 26 heavy (non-hydrogen) atoms. The number of halogens is 2. The van der Waals surface area contributed by atoms with Crippen LogP contribution in [0.5, 0.6) is 0 Å². The number of benzene rings is 2. The Hall–Kier alpha value is -2.30. The standard InChI is InChI=1S/C20H19Cl2N3O/c1-13-18(14(2)25(24-13)17-6-4-3-5-7-17)11-20(26)23-12-15-8-9-16(21)10-19(15)22/h3-10H,11-12H2,1-2H3,(H,23,26). The molecule has 0 atom stereocenters. The lowest BCUT2D eigenvalue weighted by Crippen LogP contribution is -2.25. The minimum atomic E-state index is -0.0742. The van der Waals surface area contributed by atoms with Crippen molar-refractivity contribution < 1.29 is 4.79 Å². The van der Waals surface area contributed by atoms with Gasteiger partial charge in [-0.05, 0) is 43.7 Å². The maximum atomic E-state index is 12.4. The lowest BCUT2D eigenvalue weighted by molar-refractivity contribution is -0.120. The summed E-state index contributed by atoms with van der Waals surface area (Å²) in [5.41, 5.74) is 4.57. The van der Waals surface area contributed by atoms with E-state index < -0.39 is 0 Å². The van der Waals surface area contributed by atoms with E-state index >= 15 is 0 Å². The van der Waals surface area contributed by atoms with Crippen molar-refractivity contribution in [2.45, 2.75) is 26.8 Å². The first-order valence-electron chi connectivity index (χ1n) is 8.27. The van der Waals surface area contributed by atoms with Crippen LogP contribution in [0.2, 0.25) is 10.0 Å². The van der Waals surface area contributed by atoms with Crippen LogP contribution in [-0.2, 0) is 17.8 Å². The molecule has 1 heterocycles. The molecule has 0 bridgehead atoms. The van der Waals surface area contributed by atoms with Crippen LogP contribution in [0.4, 0.5) is 0 Å². The number of amides is 1. The molecule has 0 spiro atoms. The molecule has 0 aliphatic rings. The van der Waals surface area contributed by atoms with E-state index in [2.05, 4.69) is 10.4 Å². The fourth-order valence-corrected chi connectivity index (χ4v) is 3.31. The fourth-order valence-electron chi connectivity index (χ4n) is 2.83. The van der Waals surface area contributed by atoms with Crippen LogP contribution in [0.15, 0.2) is 48.5 Å². The quantitative estimate of drug-likeness (QED) is 0.691. The number of hydrogen-bond donors (Lipinski definition) is 1. The summed E-state index contributed by atoms with van der Waals surface area (Å²) in [6.45, 7) is 4.26. The van der Waals surface area contributed by atoms with Crippen molar-refractivity contribution in [1.82, 2.24) is 15.1 Å². The summed E-state index contributed by atoms with van der Waals surface area (Å²) in [5, 5.41) is 8.60. The van der Waals surface area contributed by atoms with Crippen molar-refractivity contribution in [2.24, 2.45) is 0 Å². The Bertz CT molecular complexity index is 936. The summed E-state index contributed by atoms with van der Waals surface area (Å²) in [7, 11) is 0. The number of rotatable bonds is 5. The molecular weight excluding hydrogens is 369 g/mol. The highest BCUT2D eigenvalue weighted by atomic mass is 35.5. The summed E-state index contributed by atoms with van der Waals surface area (Å²) in [6, 6.07) is 15.1. The molecule has 134 valence electrons. The van der Waals surface area contributed by atoms with Crippen molar-refractivity contribution >= 4 is 29.1 Å². The number of aromatic nitrogens is 2. The average Bonchev–Trinajstić information content (AvgIpc) is 2.90. The van der Waals surface area contributed by atoms with Gasteiger partial charge < -0.3 is 5.32 Å². The molecular formula is C20H19Cl2N3O. The molecule has 0 aliphatic carbocycles. The van der Waals surface area contributed by atoms with Gasteiger partial charge in [0.15, 0.2) is 0 Å². The first-order chi connectivity index (χ1) is 12.5. The largest absolute Gasteiger partial charge is 0.352 e. The molecule has 6 heteroatoms. The van der Waals surface area contributed by atoms with Gasteiger partial charge in [0.2, 0.25) is 5.91 Å². The third kappa shape index (κ3) is 4.09. The van der Waals surface area contributed by atoms with E-state index in [0.717, 1.165) is 28.2 Å². The van der Waals surface area contributed by atoms with E-state index in [-0.39, 0.29) is 12.3 Å². The molecule has 0 aliphatic heterocycles. The van der Waals surface area contributed by atoms with Crippen molar-refractivity contribution in [3.63, 3.8) is 0 Å². The SMILES string of the molecule is Cc1nn(-c2ccccc2)c(C)c1CC(=O)NCc1ccc(Cl)cc1Cl. The second kappa shape index (κ2) is 7.94. The topological polar surface area (TPSA) is 46.9 Å². The second-order valence-corrected chi connectivity index (χ2v) is 6.93. The molecule has 2 aromatic carbocycles. The van der Waals surface area contributed by atoms with Gasteiger partial charge in [0.05, 0.1) is 17.8 Å². The molecule has 3 rings (SSSR count). The smallest absolute Gasteiger partial charge is 0.224 e.